The maximum absolute atomic E-state index is 13.1. The van der Waals surface area contributed by atoms with E-state index in [2.05, 4.69) is 17.6 Å². The predicted octanol–water partition coefficient (Wildman–Crippen LogP) is 2.95. The molecule has 0 aromatic carbocycles. The number of carbonyl (C=O) groups is 3. The van der Waals surface area contributed by atoms with Gasteiger partial charge in [0.1, 0.15) is 6.04 Å². The quantitative estimate of drug-likeness (QED) is 0.667. The number of ether oxygens (including phenoxy) is 1. The highest BCUT2D eigenvalue weighted by Crippen LogP contribution is 2.60. The highest BCUT2D eigenvalue weighted by molar-refractivity contribution is 5.89. The molecule has 0 unspecified atom stereocenters. The minimum atomic E-state index is -0.725. The number of nitrogens with one attached hydrogen (secondary N) is 2. The Bertz CT molecular complexity index is 626. The van der Waals surface area contributed by atoms with Crippen LogP contribution in [0, 0.1) is 29.1 Å². The van der Waals surface area contributed by atoms with Gasteiger partial charge in [-0.15, -0.1) is 0 Å². The van der Waals surface area contributed by atoms with Crippen molar-refractivity contribution in [2.75, 3.05) is 6.61 Å². The Labute approximate surface area is 173 Å². The van der Waals surface area contributed by atoms with Gasteiger partial charge in [-0.05, 0) is 82.0 Å². The normalized spacial score (nSPS) is 38.9. The van der Waals surface area contributed by atoms with Gasteiger partial charge < -0.3 is 15.4 Å². The Hall–Kier alpha value is -1.59. The Morgan fingerprint density at radius 2 is 1.59 bits per heavy atom. The van der Waals surface area contributed by atoms with Gasteiger partial charge in [0, 0.05) is 11.5 Å². The summed E-state index contributed by atoms with van der Waals surface area (Å²) in [6, 6.07) is -0.555. The molecule has 6 heteroatoms. The summed E-state index contributed by atoms with van der Waals surface area (Å²) in [4.78, 5) is 37.6. The van der Waals surface area contributed by atoms with Crippen LogP contribution in [-0.2, 0) is 19.1 Å². The SMILES string of the molecule is C[C@H](NC(=O)C12CC3CC(CC(C3)C1)C2)C(=O)OCC(=O)N[C@@H]1CCCC[C@@H]1C. The lowest BCUT2D eigenvalue weighted by Crippen LogP contribution is -2.56. The zero-order chi connectivity index (χ0) is 20.6. The van der Waals surface area contributed by atoms with Crippen LogP contribution in [0.5, 0.6) is 0 Å². The number of hydrogen-bond acceptors (Lipinski definition) is 4. The molecule has 0 spiro atoms. The maximum Gasteiger partial charge on any atom is 0.328 e. The van der Waals surface area contributed by atoms with Crippen LogP contribution in [0.3, 0.4) is 0 Å². The van der Waals surface area contributed by atoms with Gasteiger partial charge in [0.2, 0.25) is 5.91 Å². The summed E-state index contributed by atoms with van der Waals surface area (Å²) in [7, 11) is 0. The van der Waals surface area contributed by atoms with Crippen LogP contribution in [0.2, 0.25) is 0 Å². The van der Waals surface area contributed by atoms with Crippen LogP contribution < -0.4 is 10.6 Å². The van der Waals surface area contributed by atoms with Gasteiger partial charge in [0.25, 0.3) is 5.91 Å². The van der Waals surface area contributed by atoms with Gasteiger partial charge in [-0.3, -0.25) is 9.59 Å². The van der Waals surface area contributed by atoms with Gasteiger partial charge in [-0.2, -0.15) is 0 Å². The van der Waals surface area contributed by atoms with Crippen molar-refractivity contribution >= 4 is 17.8 Å². The molecule has 5 saturated carbocycles. The third-order valence-electron chi connectivity index (χ3n) is 8.02. The fourth-order valence-electron chi connectivity index (χ4n) is 6.84. The molecule has 162 valence electrons. The molecular weight excluding hydrogens is 368 g/mol. The largest absolute Gasteiger partial charge is 0.454 e. The molecule has 0 aromatic heterocycles. The van der Waals surface area contributed by atoms with Crippen molar-refractivity contribution in [3.63, 3.8) is 0 Å². The molecular formula is C23H36N2O4. The fourth-order valence-corrected chi connectivity index (χ4v) is 6.84. The van der Waals surface area contributed by atoms with Crippen LogP contribution in [0.4, 0.5) is 0 Å². The molecule has 0 saturated heterocycles. The molecule has 5 rings (SSSR count). The molecule has 29 heavy (non-hydrogen) atoms. The van der Waals surface area contributed by atoms with Crippen LogP contribution >= 0.6 is 0 Å². The van der Waals surface area contributed by atoms with E-state index in [1.54, 1.807) is 6.92 Å². The average molecular weight is 405 g/mol. The van der Waals surface area contributed by atoms with Crippen molar-refractivity contribution in [2.24, 2.45) is 29.1 Å². The number of carbonyl (C=O) groups excluding carboxylic acids is 3. The van der Waals surface area contributed by atoms with Crippen molar-refractivity contribution in [1.29, 1.82) is 0 Å². The summed E-state index contributed by atoms with van der Waals surface area (Å²) in [5.41, 5.74) is -0.280. The van der Waals surface area contributed by atoms with Crippen molar-refractivity contribution in [2.45, 2.75) is 90.1 Å². The molecule has 0 aliphatic heterocycles. The molecule has 4 bridgehead atoms. The molecule has 0 radical (unpaired) electrons. The van der Waals surface area contributed by atoms with Crippen molar-refractivity contribution in [3.8, 4) is 0 Å². The molecule has 0 aromatic rings. The average Bonchev–Trinajstić information content (AvgIpc) is 2.66. The summed E-state index contributed by atoms with van der Waals surface area (Å²) in [6.45, 7) is 3.53. The Kier molecular flexibility index (Phi) is 5.90. The van der Waals surface area contributed by atoms with Gasteiger partial charge in [0.15, 0.2) is 6.61 Å². The number of esters is 1. The summed E-state index contributed by atoms with van der Waals surface area (Å²) >= 11 is 0. The molecule has 5 fully saturated rings. The first-order valence-corrected chi connectivity index (χ1v) is 11.6. The van der Waals surface area contributed by atoms with Crippen LogP contribution in [0.1, 0.15) is 78.1 Å². The van der Waals surface area contributed by atoms with E-state index in [4.69, 9.17) is 4.74 Å². The van der Waals surface area contributed by atoms with Gasteiger partial charge in [-0.1, -0.05) is 19.8 Å². The predicted molar refractivity (Wildman–Crippen MR) is 109 cm³/mol. The first kappa shape index (κ1) is 20.7. The van der Waals surface area contributed by atoms with E-state index in [0.717, 1.165) is 38.5 Å². The smallest absolute Gasteiger partial charge is 0.328 e. The highest BCUT2D eigenvalue weighted by Gasteiger charge is 2.54. The zero-order valence-corrected chi connectivity index (χ0v) is 17.9. The third-order valence-corrected chi connectivity index (χ3v) is 8.02. The second kappa shape index (κ2) is 8.27. The fraction of sp³-hybridized carbons (Fsp3) is 0.870. The van der Waals surface area contributed by atoms with Gasteiger partial charge >= 0.3 is 5.97 Å². The molecule has 2 N–H and O–H groups in total. The number of hydrogen-bond donors (Lipinski definition) is 2. The maximum atomic E-state index is 13.1. The third kappa shape index (κ3) is 4.46. The van der Waals surface area contributed by atoms with Crippen molar-refractivity contribution in [1.82, 2.24) is 10.6 Å². The van der Waals surface area contributed by atoms with E-state index < -0.39 is 12.0 Å². The number of rotatable bonds is 6. The van der Waals surface area contributed by atoms with Crippen LogP contribution in [0.15, 0.2) is 0 Å². The first-order valence-electron chi connectivity index (χ1n) is 11.6. The first-order chi connectivity index (χ1) is 13.8. The molecule has 2 amide bonds. The lowest BCUT2D eigenvalue weighted by molar-refractivity contribution is -0.155. The lowest BCUT2D eigenvalue weighted by atomic mass is 9.49. The standard InChI is InChI=1S/C23H36N2O4/c1-14-5-3-4-6-19(14)25-20(26)13-29-21(27)15(2)24-22(28)23-10-16-7-17(11-23)9-18(8-16)12-23/h14-19H,3-13H2,1-2H3,(H,24,28)(H,25,26)/t14-,15-,16?,17?,18?,19+,23?/m0/s1. The van der Waals surface area contributed by atoms with E-state index in [-0.39, 0.29) is 29.9 Å². The Morgan fingerprint density at radius 1 is 1.00 bits per heavy atom. The van der Waals surface area contributed by atoms with Crippen molar-refractivity contribution in [3.05, 3.63) is 0 Å². The molecule has 5 aliphatic carbocycles. The lowest BCUT2D eigenvalue weighted by Gasteiger charge is -2.55. The second-order valence-electron chi connectivity index (χ2n) is 10.4. The van der Waals surface area contributed by atoms with Crippen LogP contribution in [0.25, 0.3) is 0 Å². The molecule has 0 heterocycles. The minimum absolute atomic E-state index is 0.0153. The summed E-state index contributed by atoms with van der Waals surface area (Å²) in [5.74, 6) is 1.73. The van der Waals surface area contributed by atoms with Gasteiger partial charge in [0.05, 0.1) is 0 Å². The second-order valence-corrected chi connectivity index (χ2v) is 10.4. The van der Waals surface area contributed by atoms with Crippen LogP contribution in [-0.4, -0.2) is 36.5 Å². The monoisotopic (exact) mass is 404 g/mol. The van der Waals surface area contributed by atoms with Crippen molar-refractivity contribution < 1.29 is 19.1 Å². The summed E-state index contributed by atoms with van der Waals surface area (Å²) < 4.78 is 5.20. The highest BCUT2D eigenvalue weighted by atomic mass is 16.5. The summed E-state index contributed by atoms with van der Waals surface area (Å²) in [5, 5.41) is 5.89. The van der Waals surface area contributed by atoms with E-state index in [0.29, 0.717) is 23.7 Å². The Morgan fingerprint density at radius 3 is 2.17 bits per heavy atom. The van der Waals surface area contributed by atoms with E-state index in [1.165, 1.54) is 25.7 Å². The van der Waals surface area contributed by atoms with Gasteiger partial charge in [-0.25, -0.2) is 4.79 Å². The zero-order valence-electron chi connectivity index (χ0n) is 17.9. The summed E-state index contributed by atoms with van der Waals surface area (Å²) in [6.07, 6.45) is 11.2. The Balaban J connectivity index is 1.23. The van der Waals surface area contributed by atoms with E-state index >= 15 is 0 Å². The topological polar surface area (TPSA) is 84.5 Å². The molecule has 3 atom stereocenters. The van der Waals surface area contributed by atoms with E-state index in [1.807, 2.05) is 0 Å². The molecule has 6 nitrogen and oxygen atoms in total. The molecule has 5 aliphatic rings. The number of amides is 2. The minimum Gasteiger partial charge on any atom is -0.454 e. The van der Waals surface area contributed by atoms with E-state index in [9.17, 15) is 14.4 Å².